The van der Waals surface area contributed by atoms with Crippen molar-refractivity contribution in [1.82, 2.24) is 15.1 Å². The van der Waals surface area contributed by atoms with Gasteiger partial charge in [0.2, 0.25) is 0 Å². The Kier molecular flexibility index (Phi) is 7.57. The molecule has 8 heteroatoms. The molecule has 1 amide bonds. The van der Waals surface area contributed by atoms with Crippen LogP contribution in [0.2, 0.25) is 0 Å². The Balaban J connectivity index is 1.42. The molecule has 0 aliphatic carbocycles. The van der Waals surface area contributed by atoms with E-state index in [-0.39, 0.29) is 18.1 Å². The zero-order valence-electron chi connectivity index (χ0n) is 17.6. The summed E-state index contributed by atoms with van der Waals surface area (Å²) in [5, 5.41) is 3.38. The van der Waals surface area contributed by atoms with Gasteiger partial charge in [-0.25, -0.2) is 0 Å². The molecule has 0 bridgehead atoms. The second-order valence-corrected chi connectivity index (χ2v) is 7.35. The van der Waals surface area contributed by atoms with Crippen molar-refractivity contribution in [2.45, 2.75) is 32.0 Å². The highest BCUT2D eigenvalue weighted by Gasteiger charge is 2.30. The van der Waals surface area contributed by atoms with E-state index in [0.29, 0.717) is 26.2 Å². The Morgan fingerprint density at radius 3 is 2.45 bits per heavy atom. The van der Waals surface area contributed by atoms with Crippen molar-refractivity contribution in [2.24, 2.45) is 4.99 Å². The van der Waals surface area contributed by atoms with Gasteiger partial charge < -0.3 is 29.3 Å². The van der Waals surface area contributed by atoms with Gasteiger partial charge in [0.05, 0.1) is 13.7 Å². The largest absolute Gasteiger partial charge is 0.497 e. The van der Waals surface area contributed by atoms with Crippen LogP contribution in [-0.2, 0) is 9.53 Å². The predicted octanol–water partition coefficient (Wildman–Crippen LogP) is 1.36. The summed E-state index contributed by atoms with van der Waals surface area (Å²) >= 11 is 0. The maximum Gasteiger partial charge on any atom is 0.251 e. The van der Waals surface area contributed by atoms with Crippen molar-refractivity contribution in [3.63, 3.8) is 0 Å². The van der Waals surface area contributed by atoms with Crippen LogP contribution in [-0.4, -0.2) is 87.4 Å². The first kappa shape index (κ1) is 21.2. The molecule has 2 fully saturated rings. The number of rotatable bonds is 6. The molecule has 1 N–H and O–H groups in total. The van der Waals surface area contributed by atoms with E-state index in [0.717, 1.165) is 43.4 Å². The molecule has 29 heavy (non-hydrogen) atoms. The van der Waals surface area contributed by atoms with Crippen LogP contribution >= 0.6 is 0 Å². The van der Waals surface area contributed by atoms with E-state index < -0.39 is 0 Å². The third kappa shape index (κ3) is 5.76. The fraction of sp³-hybridized carbons (Fsp3) is 0.619. The molecule has 2 aliphatic heterocycles. The van der Waals surface area contributed by atoms with Gasteiger partial charge in [-0.05, 0) is 44.0 Å². The molecule has 0 spiro atoms. The topological polar surface area (TPSA) is 75.6 Å². The molecule has 1 aromatic carbocycles. The third-order valence-electron chi connectivity index (χ3n) is 5.25. The normalized spacial score (nSPS) is 21.1. The number of carbonyl (C=O) groups is 1. The van der Waals surface area contributed by atoms with Gasteiger partial charge >= 0.3 is 0 Å². The number of benzene rings is 1. The first-order valence-corrected chi connectivity index (χ1v) is 10.3. The quantitative estimate of drug-likeness (QED) is 0.570. The SMILES string of the molecule is CN=C(NCC(C)Oc1ccc(OC)cc1)N1CCN(C(=O)C2CCCO2)CC1. The summed E-state index contributed by atoms with van der Waals surface area (Å²) in [6.45, 7) is 6.24. The number of hydrogen-bond donors (Lipinski definition) is 1. The number of carbonyl (C=O) groups excluding carboxylic acids is 1. The molecule has 3 rings (SSSR count). The van der Waals surface area contributed by atoms with Crippen molar-refractivity contribution in [3.8, 4) is 11.5 Å². The molecule has 2 saturated heterocycles. The molecule has 160 valence electrons. The van der Waals surface area contributed by atoms with Gasteiger partial charge in [-0.15, -0.1) is 0 Å². The highest BCUT2D eigenvalue weighted by Crippen LogP contribution is 2.18. The van der Waals surface area contributed by atoms with E-state index in [1.165, 1.54) is 0 Å². The lowest BCUT2D eigenvalue weighted by atomic mass is 10.2. The molecule has 0 saturated carbocycles. The predicted molar refractivity (Wildman–Crippen MR) is 112 cm³/mol. The number of hydrogen-bond acceptors (Lipinski definition) is 5. The molecular formula is C21H32N4O4. The van der Waals surface area contributed by atoms with Crippen LogP contribution < -0.4 is 14.8 Å². The van der Waals surface area contributed by atoms with E-state index in [4.69, 9.17) is 14.2 Å². The van der Waals surface area contributed by atoms with Gasteiger partial charge in [0.1, 0.15) is 23.7 Å². The number of methoxy groups -OCH3 is 1. The molecule has 2 atom stereocenters. The van der Waals surface area contributed by atoms with Crippen LogP contribution in [0.4, 0.5) is 0 Å². The molecule has 2 unspecified atom stereocenters. The summed E-state index contributed by atoms with van der Waals surface area (Å²) in [4.78, 5) is 21.0. The average Bonchev–Trinajstić information content (AvgIpc) is 3.29. The summed E-state index contributed by atoms with van der Waals surface area (Å²) in [7, 11) is 3.42. The number of nitrogens with one attached hydrogen (secondary N) is 1. The van der Waals surface area contributed by atoms with Crippen LogP contribution in [0.5, 0.6) is 11.5 Å². The number of ether oxygens (including phenoxy) is 3. The Morgan fingerprint density at radius 2 is 1.86 bits per heavy atom. The zero-order chi connectivity index (χ0) is 20.6. The number of aliphatic imine (C=N–C) groups is 1. The Morgan fingerprint density at radius 1 is 1.21 bits per heavy atom. The van der Waals surface area contributed by atoms with Gasteiger partial charge in [-0.2, -0.15) is 0 Å². The van der Waals surface area contributed by atoms with Crippen molar-refractivity contribution in [3.05, 3.63) is 24.3 Å². The Labute approximate surface area is 172 Å². The fourth-order valence-electron chi connectivity index (χ4n) is 3.61. The van der Waals surface area contributed by atoms with Gasteiger partial charge in [-0.1, -0.05) is 0 Å². The van der Waals surface area contributed by atoms with Gasteiger partial charge in [-0.3, -0.25) is 9.79 Å². The molecule has 0 aromatic heterocycles. The standard InChI is InChI=1S/C21H32N4O4/c1-16(29-18-8-6-17(27-3)7-9-18)15-23-21(22-2)25-12-10-24(11-13-25)20(26)19-5-4-14-28-19/h6-9,16,19H,4-5,10-15H2,1-3H3,(H,22,23). The summed E-state index contributed by atoms with van der Waals surface area (Å²) in [6, 6.07) is 7.56. The lowest BCUT2D eigenvalue weighted by molar-refractivity contribution is -0.142. The highest BCUT2D eigenvalue weighted by atomic mass is 16.5. The zero-order valence-corrected chi connectivity index (χ0v) is 17.6. The lowest BCUT2D eigenvalue weighted by Crippen LogP contribution is -2.55. The number of piperazine rings is 1. The van der Waals surface area contributed by atoms with Gasteiger partial charge in [0.15, 0.2) is 5.96 Å². The van der Waals surface area contributed by atoms with Crippen LogP contribution in [0.3, 0.4) is 0 Å². The van der Waals surface area contributed by atoms with Crippen LogP contribution in [0.25, 0.3) is 0 Å². The van der Waals surface area contributed by atoms with Gasteiger partial charge in [0.25, 0.3) is 5.91 Å². The molecule has 1 aromatic rings. The third-order valence-corrected chi connectivity index (χ3v) is 5.25. The molecule has 8 nitrogen and oxygen atoms in total. The van der Waals surface area contributed by atoms with E-state index in [9.17, 15) is 4.79 Å². The second-order valence-electron chi connectivity index (χ2n) is 7.35. The Hall–Kier alpha value is -2.48. The lowest BCUT2D eigenvalue weighted by Gasteiger charge is -2.37. The minimum absolute atomic E-state index is 0.0254. The number of nitrogens with zero attached hydrogens (tertiary/aromatic N) is 3. The summed E-state index contributed by atoms with van der Waals surface area (Å²) in [6.07, 6.45) is 1.55. The molecule has 2 aliphatic rings. The smallest absolute Gasteiger partial charge is 0.251 e. The van der Waals surface area contributed by atoms with Crippen molar-refractivity contribution in [2.75, 3.05) is 53.5 Å². The fourth-order valence-corrected chi connectivity index (χ4v) is 3.61. The van der Waals surface area contributed by atoms with Crippen LogP contribution in [0.15, 0.2) is 29.3 Å². The molecular weight excluding hydrogens is 372 g/mol. The molecule has 2 heterocycles. The monoisotopic (exact) mass is 404 g/mol. The second kappa shape index (κ2) is 10.3. The first-order valence-electron chi connectivity index (χ1n) is 10.3. The first-order chi connectivity index (χ1) is 14.1. The number of guanidine groups is 1. The minimum Gasteiger partial charge on any atom is -0.497 e. The number of amides is 1. The minimum atomic E-state index is -0.241. The maximum absolute atomic E-state index is 12.5. The average molecular weight is 405 g/mol. The van der Waals surface area contributed by atoms with E-state index >= 15 is 0 Å². The van der Waals surface area contributed by atoms with E-state index in [1.807, 2.05) is 36.1 Å². The van der Waals surface area contributed by atoms with Crippen LogP contribution in [0, 0.1) is 0 Å². The summed E-state index contributed by atoms with van der Waals surface area (Å²) in [5.41, 5.74) is 0. The van der Waals surface area contributed by atoms with Crippen LogP contribution in [0.1, 0.15) is 19.8 Å². The summed E-state index contributed by atoms with van der Waals surface area (Å²) in [5.74, 6) is 2.57. The van der Waals surface area contributed by atoms with Crippen molar-refractivity contribution < 1.29 is 19.0 Å². The van der Waals surface area contributed by atoms with Crippen molar-refractivity contribution in [1.29, 1.82) is 0 Å². The van der Waals surface area contributed by atoms with Gasteiger partial charge in [0, 0.05) is 39.8 Å². The summed E-state index contributed by atoms with van der Waals surface area (Å²) < 4.78 is 16.6. The van der Waals surface area contributed by atoms with Crippen molar-refractivity contribution >= 4 is 11.9 Å². The van der Waals surface area contributed by atoms with E-state index in [2.05, 4.69) is 15.2 Å². The van der Waals surface area contributed by atoms with E-state index in [1.54, 1.807) is 14.2 Å². The highest BCUT2D eigenvalue weighted by molar-refractivity contribution is 5.82. The Bertz CT molecular complexity index is 680. The molecule has 0 radical (unpaired) electrons. The maximum atomic E-state index is 12.5.